The summed E-state index contributed by atoms with van der Waals surface area (Å²) in [5.41, 5.74) is 4.49. The average Bonchev–Trinajstić information content (AvgIpc) is 2.73. The molecule has 0 aliphatic heterocycles. The van der Waals surface area contributed by atoms with E-state index in [4.69, 9.17) is 9.47 Å². The fraction of sp³-hybridized carbons (Fsp3) is 0.0909. The van der Waals surface area contributed by atoms with E-state index in [1.165, 1.54) is 30.5 Å². The van der Waals surface area contributed by atoms with Crippen molar-refractivity contribution in [1.82, 2.24) is 5.43 Å². The van der Waals surface area contributed by atoms with E-state index in [-0.39, 0.29) is 0 Å². The van der Waals surface area contributed by atoms with Crippen LogP contribution in [0.4, 0.5) is 4.39 Å². The molecule has 0 atom stereocenters. The Morgan fingerprint density at radius 1 is 1.04 bits per heavy atom. The van der Waals surface area contributed by atoms with E-state index in [0.29, 0.717) is 23.7 Å². The third kappa shape index (κ3) is 5.17. The molecule has 0 unspecified atom stereocenters. The van der Waals surface area contributed by atoms with E-state index in [0.717, 1.165) is 11.1 Å². The third-order valence-corrected chi connectivity index (χ3v) is 3.91. The molecule has 3 aromatic carbocycles. The summed E-state index contributed by atoms with van der Waals surface area (Å²) in [7, 11) is 1.57. The van der Waals surface area contributed by atoms with Gasteiger partial charge in [0, 0.05) is 5.56 Å². The summed E-state index contributed by atoms with van der Waals surface area (Å²) in [6, 6.07) is 20.3. The zero-order valence-corrected chi connectivity index (χ0v) is 15.3. The van der Waals surface area contributed by atoms with E-state index in [1.807, 2.05) is 30.3 Å². The highest BCUT2D eigenvalue weighted by atomic mass is 19.1. The molecule has 5 nitrogen and oxygen atoms in total. The highest BCUT2D eigenvalue weighted by Crippen LogP contribution is 2.28. The molecule has 0 aromatic heterocycles. The number of amides is 1. The standard InChI is InChI=1S/C22H19FN2O3/c1-27-20-12-7-17(13-21(20)28-15-16-5-3-2-4-6-16)14-24-25-22(26)18-8-10-19(23)11-9-18/h2-14H,15H2,1H3,(H,25,26). The third-order valence-electron chi connectivity index (χ3n) is 3.91. The average molecular weight is 378 g/mol. The first-order valence-electron chi connectivity index (χ1n) is 8.59. The Hall–Kier alpha value is -3.67. The largest absolute Gasteiger partial charge is 0.493 e. The molecule has 3 rings (SSSR count). The number of nitrogens with zero attached hydrogens (tertiary/aromatic N) is 1. The molecule has 142 valence electrons. The van der Waals surface area contributed by atoms with Crippen molar-refractivity contribution in [2.75, 3.05) is 7.11 Å². The summed E-state index contributed by atoms with van der Waals surface area (Å²) in [6.45, 7) is 0.402. The van der Waals surface area contributed by atoms with Crippen LogP contribution in [0.3, 0.4) is 0 Å². The van der Waals surface area contributed by atoms with Crippen molar-refractivity contribution in [2.45, 2.75) is 6.61 Å². The van der Waals surface area contributed by atoms with E-state index in [2.05, 4.69) is 10.5 Å². The monoisotopic (exact) mass is 378 g/mol. The number of hydrogen-bond donors (Lipinski definition) is 1. The molecule has 0 saturated heterocycles. The first kappa shape index (κ1) is 19.1. The van der Waals surface area contributed by atoms with Crippen molar-refractivity contribution in [3.8, 4) is 11.5 Å². The van der Waals surface area contributed by atoms with Gasteiger partial charge in [0.25, 0.3) is 5.91 Å². The summed E-state index contributed by atoms with van der Waals surface area (Å²) in [4.78, 5) is 12.0. The maximum Gasteiger partial charge on any atom is 0.271 e. The fourth-order valence-corrected chi connectivity index (χ4v) is 2.45. The van der Waals surface area contributed by atoms with Crippen LogP contribution in [0.5, 0.6) is 11.5 Å². The van der Waals surface area contributed by atoms with Crippen LogP contribution >= 0.6 is 0 Å². The van der Waals surface area contributed by atoms with Crippen molar-refractivity contribution < 1.29 is 18.7 Å². The van der Waals surface area contributed by atoms with Gasteiger partial charge in [-0.25, -0.2) is 9.82 Å². The maximum atomic E-state index is 12.9. The lowest BCUT2D eigenvalue weighted by atomic mass is 10.2. The lowest BCUT2D eigenvalue weighted by Crippen LogP contribution is -2.17. The highest BCUT2D eigenvalue weighted by Gasteiger charge is 2.07. The van der Waals surface area contributed by atoms with Crippen molar-refractivity contribution in [1.29, 1.82) is 0 Å². The molecule has 6 heteroatoms. The van der Waals surface area contributed by atoms with Crippen LogP contribution in [0.15, 0.2) is 77.9 Å². The number of ether oxygens (including phenoxy) is 2. The van der Waals surface area contributed by atoms with Crippen LogP contribution in [0.2, 0.25) is 0 Å². The van der Waals surface area contributed by atoms with Crippen LogP contribution in [-0.4, -0.2) is 19.2 Å². The normalized spacial score (nSPS) is 10.6. The van der Waals surface area contributed by atoms with Crippen molar-refractivity contribution in [3.63, 3.8) is 0 Å². The number of methoxy groups -OCH3 is 1. The number of hydrazone groups is 1. The van der Waals surface area contributed by atoms with Gasteiger partial charge >= 0.3 is 0 Å². The molecule has 0 spiro atoms. The topological polar surface area (TPSA) is 59.9 Å². The predicted octanol–water partition coefficient (Wildman–Crippen LogP) is 4.18. The summed E-state index contributed by atoms with van der Waals surface area (Å²) in [5.74, 6) is 0.343. The fourth-order valence-electron chi connectivity index (χ4n) is 2.45. The van der Waals surface area contributed by atoms with Crippen LogP contribution in [0.1, 0.15) is 21.5 Å². The summed E-state index contributed by atoms with van der Waals surface area (Å²) in [6.07, 6.45) is 1.50. The Morgan fingerprint density at radius 3 is 2.50 bits per heavy atom. The van der Waals surface area contributed by atoms with E-state index < -0.39 is 11.7 Å². The number of benzene rings is 3. The highest BCUT2D eigenvalue weighted by molar-refractivity contribution is 5.94. The van der Waals surface area contributed by atoms with Gasteiger partial charge in [-0.05, 0) is 53.6 Å². The van der Waals surface area contributed by atoms with Gasteiger partial charge in [-0.15, -0.1) is 0 Å². The molecule has 1 N–H and O–H groups in total. The van der Waals surface area contributed by atoms with E-state index >= 15 is 0 Å². The molecule has 0 aliphatic rings. The molecular formula is C22H19FN2O3. The predicted molar refractivity (Wildman–Crippen MR) is 105 cm³/mol. The number of nitrogens with one attached hydrogen (secondary N) is 1. The second-order valence-corrected chi connectivity index (χ2v) is 5.89. The second-order valence-electron chi connectivity index (χ2n) is 5.89. The van der Waals surface area contributed by atoms with Crippen molar-refractivity contribution in [2.24, 2.45) is 5.10 Å². The van der Waals surface area contributed by atoms with Crippen LogP contribution in [0, 0.1) is 5.82 Å². The Labute approximate surface area is 162 Å². The second kappa shape index (κ2) is 9.32. The number of hydrogen-bond acceptors (Lipinski definition) is 4. The summed E-state index contributed by atoms with van der Waals surface area (Å²) < 4.78 is 24.1. The SMILES string of the molecule is COc1ccc(C=NNC(=O)c2ccc(F)cc2)cc1OCc1ccccc1. The quantitative estimate of drug-likeness (QED) is 0.496. The minimum Gasteiger partial charge on any atom is -0.493 e. The Morgan fingerprint density at radius 2 is 1.79 bits per heavy atom. The van der Waals surface area contributed by atoms with Gasteiger partial charge in [-0.2, -0.15) is 5.10 Å². The first-order chi connectivity index (χ1) is 13.7. The molecule has 3 aromatic rings. The maximum absolute atomic E-state index is 12.9. The molecule has 1 amide bonds. The van der Waals surface area contributed by atoms with Crippen LogP contribution in [0.25, 0.3) is 0 Å². The Balaban J connectivity index is 1.65. The Bertz CT molecular complexity index is 957. The van der Waals surface area contributed by atoms with Gasteiger partial charge in [0.15, 0.2) is 11.5 Å². The van der Waals surface area contributed by atoms with Gasteiger partial charge in [0.1, 0.15) is 12.4 Å². The van der Waals surface area contributed by atoms with Crippen molar-refractivity contribution in [3.05, 3.63) is 95.3 Å². The molecule has 0 radical (unpaired) electrons. The molecule has 0 heterocycles. The molecular weight excluding hydrogens is 359 g/mol. The van der Waals surface area contributed by atoms with Crippen molar-refractivity contribution >= 4 is 12.1 Å². The number of rotatable bonds is 7. The van der Waals surface area contributed by atoms with Gasteiger partial charge in [0.2, 0.25) is 0 Å². The van der Waals surface area contributed by atoms with E-state index in [9.17, 15) is 9.18 Å². The zero-order chi connectivity index (χ0) is 19.8. The Kier molecular flexibility index (Phi) is 6.36. The lowest BCUT2D eigenvalue weighted by Gasteiger charge is -2.11. The van der Waals surface area contributed by atoms with Crippen LogP contribution < -0.4 is 14.9 Å². The van der Waals surface area contributed by atoms with Gasteiger partial charge in [0.05, 0.1) is 13.3 Å². The molecule has 0 fully saturated rings. The lowest BCUT2D eigenvalue weighted by molar-refractivity contribution is 0.0955. The first-order valence-corrected chi connectivity index (χ1v) is 8.59. The summed E-state index contributed by atoms with van der Waals surface area (Å²) in [5, 5.41) is 3.94. The number of halogens is 1. The number of carbonyl (C=O) groups excluding carboxylic acids is 1. The molecule has 0 saturated carbocycles. The smallest absolute Gasteiger partial charge is 0.271 e. The van der Waals surface area contributed by atoms with E-state index in [1.54, 1.807) is 25.3 Å². The minimum atomic E-state index is -0.426. The number of carbonyl (C=O) groups is 1. The van der Waals surface area contributed by atoms with Crippen LogP contribution in [-0.2, 0) is 6.61 Å². The van der Waals surface area contributed by atoms with Gasteiger partial charge < -0.3 is 9.47 Å². The minimum absolute atomic E-state index is 0.320. The molecule has 0 bridgehead atoms. The van der Waals surface area contributed by atoms with Gasteiger partial charge in [-0.1, -0.05) is 30.3 Å². The molecule has 28 heavy (non-hydrogen) atoms. The molecule has 0 aliphatic carbocycles. The summed E-state index contributed by atoms with van der Waals surface area (Å²) >= 11 is 0. The zero-order valence-electron chi connectivity index (χ0n) is 15.3. The van der Waals surface area contributed by atoms with Gasteiger partial charge in [-0.3, -0.25) is 4.79 Å².